The third-order valence-corrected chi connectivity index (χ3v) is 3.02. The van der Waals surface area contributed by atoms with Gasteiger partial charge in [0.05, 0.1) is 16.7 Å². The molecule has 0 amide bonds. The second-order valence-corrected chi connectivity index (χ2v) is 4.42. The van der Waals surface area contributed by atoms with Gasteiger partial charge in [-0.1, -0.05) is 0 Å². The largest absolute Gasteiger partial charge is 0.440 e. The number of rotatable bonds is 4. The lowest BCUT2D eigenvalue weighted by molar-refractivity contribution is -0.385. The van der Waals surface area contributed by atoms with Gasteiger partial charge in [0.1, 0.15) is 6.26 Å². The molecule has 0 aliphatic carbocycles. The van der Waals surface area contributed by atoms with Crippen molar-refractivity contribution in [3.05, 3.63) is 46.3 Å². The molecule has 1 aromatic heterocycles. The van der Waals surface area contributed by atoms with Gasteiger partial charge in [0.25, 0.3) is 10.9 Å². The smallest absolute Gasteiger partial charge is 0.280 e. The number of nitro groups is 1. The van der Waals surface area contributed by atoms with E-state index in [9.17, 15) is 14.9 Å². The van der Waals surface area contributed by atoms with Gasteiger partial charge < -0.3 is 4.42 Å². The highest BCUT2D eigenvalue weighted by atomic mass is 32.2. The van der Waals surface area contributed by atoms with Crippen LogP contribution in [0.4, 0.5) is 5.69 Å². The summed E-state index contributed by atoms with van der Waals surface area (Å²) in [5.41, 5.74) is -0.115. The van der Waals surface area contributed by atoms with Crippen molar-refractivity contribution in [1.82, 2.24) is 4.98 Å². The van der Waals surface area contributed by atoms with Crippen molar-refractivity contribution < 1.29 is 14.1 Å². The molecule has 6 nitrogen and oxygen atoms in total. The molecule has 0 saturated heterocycles. The van der Waals surface area contributed by atoms with Gasteiger partial charge in [-0.25, -0.2) is 4.98 Å². The second-order valence-electron chi connectivity index (χ2n) is 3.39. The van der Waals surface area contributed by atoms with Crippen LogP contribution in [0.3, 0.4) is 0 Å². The Kier molecular flexibility index (Phi) is 3.42. The summed E-state index contributed by atoms with van der Waals surface area (Å²) in [6.45, 7) is 1.29. The number of nitrogens with zero attached hydrogens (tertiary/aromatic N) is 2. The van der Waals surface area contributed by atoms with E-state index in [2.05, 4.69) is 4.98 Å². The van der Waals surface area contributed by atoms with E-state index in [0.29, 0.717) is 10.1 Å². The fourth-order valence-corrected chi connectivity index (χ4v) is 2.11. The van der Waals surface area contributed by atoms with E-state index in [1.165, 1.54) is 43.3 Å². The molecule has 0 spiro atoms. The molecule has 7 heteroatoms. The van der Waals surface area contributed by atoms with Crippen LogP contribution in [0.5, 0.6) is 0 Å². The summed E-state index contributed by atoms with van der Waals surface area (Å²) < 4.78 is 5.05. The molecule has 0 N–H and O–H groups in total. The molecule has 0 unspecified atom stereocenters. The first-order valence-electron chi connectivity index (χ1n) is 4.94. The molecule has 18 heavy (non-hydrogen) atoms. The Balaban J connectivity index is 2.37. The summed E-state index contributed by atoms with van der Waals surface area (Å²) in [4.78, 5) is 26.2. The fraction of sp³-hybridized carbons (Fsp3) is 0.0909. The lowest BCUT2D eigenvalue weighted by Gasteiger charge is -2.01. The summed E-state index contributed by atoms with van der Waals surface area (Å²) >= 11 is 1.19. The van der Waals surface area contributed by atoms with E-state index in [1.54, 1.807) is 6.07 Å². The highest BCUT2D eigenvalue weighted by Crippen LogP contribution is 2.30. The van der Waals surface area contributed by atoms with Crippen LogP contribution in [-0.2, 0) is 0 Å². The number of ketones is 1. The molecule has 0 atom stereocenters. The Hall–Kier alpha value is -2.15. The van der Waals surface area contributed by atoms with Crippen molar-refractivity contribution in [3.8, 4) is 0 Å². The number of Topliss-reactive ketones (excluding diaryl/α,β-unsaturated/α-hetero) is 1. The third-order valence-electron chi connectivity index (χ3n) is 2.16. The lowest BCUT2D eigenvalue weighted by atomic mass is 10.1. The normalized spacial score (nSPS) is 10.3. The summed E-state index contributed by atoms with van der Waals surface area (Å²) in [6.07, 6.45) is 2.93. The summed E-state index contributed by atoms with van der Waals surface area (Å²) in [5.74, 6) is -0.350. The average Bonchev–Trinajstić information content (AvgIpc) is 2.81. The van der Waals surface area contributed by atoms with Gasteiger partial charge in [-0.2, -0.15) is 0 Å². The predicted molar refractivity (Wildman–Crippen MR) is 63.7 cm³/mol. The molecule has 92 valence electrons. The van der Waals surface area contributed by atoms with E-state index < -0.39 is 4.92 Å². The van der Waals surface area contributed by atoms with Gasteiger partial charge >= 0.3 is 0 Å². The maximum Gasteiger partial charge on any atom is 0.280 e. The zero-order chi connectivity index (χ0) is 13.1. The van der Waals surface area contributed by atoms with Crippen molar-refractivity contribution in [2.24, 2.45) is 0 Å². The average molecular weight is 264 g/mol. The topological polar surface area (TPSA) is 86.2 Å². The van der Waals surface area contributed by atoms with Gasteiger partial charge in [-0.3, -0.25) is 14.9 Å². The van der Waals surface area contributed by atoms with E-state index in [1.807, 2.05) is 0 Å². The number of hydrogen-bond donors (Lipinski definition) is 0. The quantitative estimate of drug-likeness (QED) is 0.479. The Bertz CT molecular complexity index is 595. The summed E-state index contributed by atoms with van der Waals surface area (Å²) in [5, 5.41) is 11.2. The van der Waals surface area contributed by atoms with Crippen molar-refractivity contribution in [2.75, 3.05) is 0 Å². The minimum atomic E-state index is -0.573. The van der Waals surface area contributed by atoms with Gasteiger partial charge in [-0.05, 0) is 30.8 Å². The molecule has 2 aromatic rings. The minimum absolute atomic E-state index is 0.0801. The summed E-state index contributed by atoms with van der Waals surface area (Å²) in [6, 6.07) is 4.33. The zero-order valence-corrected chi connectivity index (χ0v) is 10.1. The van der Waals surface area contributed by atoms with Crippen LogP contribution < -0.4 is 0 Å². The monoisotopic (exact) mass is 264 g/mol. The number of aromatic nitrogens is 1. The molecule has 1 heterocycles. The molecule has 0 fully saturated rings. The maximum atomic E-state index is 11.4. The molecule has 2 rings (SSSR count). The Morgan fingerprint density at radius 3 is 2.83 bits per heavy atom. The standard InChI is InChI=1S/C11H8N2O4S/c1-7(14)9-6-8(2-3-10(9)13(15)16)18-11-12-4-5-17-11/h2-6H,1H3. The van der Waals surface area contributed by atoms with Crippen LogP contribution in [0.1, 0.15) is 17.3 Å². The molecular weight excluding hydrogens is 256 g/mol. The van der Waals surface area contributed by atoms with E-state index in [0.717, 1.165) is 0 Å². The number of carbonyl (C=O) groups is 1. The van der Waals surface area contributed by atoms with Gasteiger partial charge in [0, 0.05) is 11.0 Å². The van der Waals surface area contributed by atoms with Crippen LogP contribution in [0, 0.1) is 10.1 Å². The summed E-state index contributed by atoms with van der Waals surface area (Å²) in [7, 11) is 0. The maximum absolute atomic E-state index is 11.4. The lowest BCUT2D eigenvalue weighted by Crippen LogP contribution is -2.00. The van der Waals surface area contributed by atoms with Crippen LogP contribution in [0.2, 0.25) is 0 Å². The van der Waals surface area contributed by atoms with E-state index in [-0.39, 0.29) is 17.0 Å². The minimum Gasteiger partial charge on any atom is -0.440 e. The van der Waals surface area contributed by atoms with E-state index >= 15 is 0 Å². The first-order valence-corrected chi connectivity index (χ1v) is 5.76. The third kappa shape index (κ3) is 2.57. The highest BCUT2D eigenvalue weighted by molar-refractivity contribution is 7.99. The number of hydrogen-bond acceptors (Lipinski definition) is 6. The van der Waals surface area contributed by atoms with Crippen LogP contribution in [0.15, 0.2) is 45.2 Å². The molecule has 0 saturated carbocycles. The van der Waals surface area contributed by atoms with Gasteiger partial charge in [-0.15, -0.1) is 0 Å². The first kappa shape index (κ1) is 12.3. The fourth-order valence-electron chi connectivity index (χ4n) is 1.38. The van der Waals surface area contributed by atoms with Crippen molar-refractivity contribution in [2.45, 2.75) is 17.0 Å². The van der Waals surface area contributed by atoms with Crippen molar-refractivity contribution in [1.29, 1.82) is 0 Å². The molecular formula is C11H8N2O4S. The number of benzene rings is 1. The molecule has 0 aliphatic heterocycles. The molecule has 0 bridgehead atoms. The Morgan fingerprint density at radius 2 is 2.28 bits per heavy atom. The Morgan fingerprint density at radius 1 is 1.50 bits per heavy atom. The van der Waals surface area contributed by atoms with Crippen molar-refractivity contribution >= 4 is 23.2 Å². The molecule has 1 aromatic carbocycles. The highest BCUT2D eigenvalue weighted by Gasteiger charge is 2.18. The van der Waals surface area contributed by atoms with Crippen LogP contribution in [0.25, 0.3) is 0 Å². The molecule has 0 aliphatic rings. The SMILES string of the molecule is CC(=O)c1cc(Sc2ncco2)ccc1[N+](=O)[O-]. The predicted octanol–water partition coefficient (Wildman–Crippen LogP) is 2.94. The Labute approximate surface area is 106 Å². The first-order chi connectivity index (χ1) is 8.58. The van der Waals surface area contributed by atoms with E-state index in [4.69, 9.17) is 4.42 Å². The second kappa shape index (κ2) is 5.01. The van der Waals surface area contributed by atoms with Crippen LogP contribution in [-0.4, -0.2) is 15.7 Å². The number of nitro benzene ring substituents is 1. The van der Waals surface area contributed by atoms with Crippen LogP contribution >= 0.6 is 11.8 Å². The van der Waals surface area contributed by atoms with Gasteiger partial charge in [0.2, 0.25) is 0 Å². The number of oxazole rings is 1. The zero-order valence-electron chi connectivity index (χ0n) is 9.32. The van der Waals surface area contributed by atoms with Gasteiger partial charge in [0.15, 0.2) is 5.78 Å². The number of carbonyl (C=O) groups excluding carboxylic acids is 1. The molecule has 0 radical (unpaired) electrons. The van der Waals surface area contributed by atoms with Crippen molar-refractivity contribution in [3.63, 3.8) is 0 Å².